The lowest BCUT2D eigenvalue weighted by molar-refractivity contribution is -0.126. The third-order valence-electron chi connectivity index (χ3n) is 4.81. The average Bonchev–Trinajstić information content (AvgIpc) is 2.67. The van der Waals surface area contributed by atoms with Crippen LogP contribution in [0.25, 0.3) is 0 Å². The van der Waals surface area contributed by atoms with Crippen molar-refractivity contribution in [1.82, 2.24) is 13.9 Å². The fourth-order valence-electron chi connectivity index (χ4n) is 3.13. The molecule has 0 radical (unpaired) electrons. The second-order valence-corrected chi connectivity index (χ2v) is 8.97. The van der Waals surface area contributed by atoms with E-state index >= 15 is 0 Å². The third-order valence-corrected chi connectivity index (χ3v) is 6.72. The largest absolute Gasteiger partial charge is 0.493 e. The van der Waals surface area contributed by atoms with Crippen LogP contribution in [0.2, 0.25) is 0 Å². The predicted octanol–water partition coefficient (Wildman–Crippen LogP) is 1.40. The Morgan fingerprint density at radius 1 is 1.26 bits per heavy atom. The van der Waals surface area contributed by atoms with Crippen LogP contribution in [0, 0.1) is 5.92 Å². The molecule has 0 aliphatic carbocycles. The summed E-state index contributed by atoms with van der Waals surface area (Å²) in [5.41, 5.74) is 0.884. The molecule has 1 N–H and O–H groups in total. The lowest BCUT2D eigenvalue weighted by Gasteiger charge is -2.33. The van der Waals surface area contributed by atoms with Crippen molar-refractivity contribution < 1.29 is 22.7 Å². The van der Waals surface area contributed by atoms with Crippen LogP contribution in [-0.2, 0) is 15.0 Å². The quantitative estimate of drug-likeness (QED) is 0.749. The molecule has 1 fully saturated rings. The number of carbonyl (C=O) groups is 1. The topological polar surface area (TPSA) is 88.2 Å². The Morgan fingerprint density at radius 2 is 1.93 bits per heavy atom. The summed E-state index contributed by atoms with van der Waals surface area (Å²) in [7, 11) is 2.62. The van der Waals surface area contributed by atoms with Gasteiger partial charge in [0, 0.05) is 27.2 Å². The number of piperidine rings is 1. The van der Waals surface area contributed by atoms with E-state index in [0.29, 0.717) is 30.9 Å². The molecule has 1 aromatic carbocycles. The monoisotopic (exact) mass is 399 g/mol. The first kappa shape index (κ1) is 21.5. The second-order valence-electron chi connectivity index (χ2n) is 6.83. The van der Waals surface area contributed by atoms with Gasteiger partial charge >= 0.3 is 0 Å². The minimum absolute atomic E-state index is 0.143. The number of nitrogens with one attached hydrogen (secondary N) is 1. The molecule has 2 rings (SSSR count). The Kier molecular flexibility index (Phi) is 7.07. The number of amides is 1. The number of hydrogen-bond acceptors (Lipinski definition) is 5. The number of rotatable bonds is 7. The van der Waals surface area contributed by atoms with Crippen LogP contribution in [0.15, 0.2) is 18.2 Å². The Hall–Kier alpha value is -1.84. The molecule has 8 nitrogen and oxygen atoms in total. The van der Waals surface area contributed by atoms with Crippen molar-refractivity contribution in [3.05, 3.63) is 23.8 Å². The number of ether oxygens (including phenoxy) is 2. The summed E-state index contributed by atoms with van der Waals surface area (Å²) < 4.78 is 37.7. The molecule has 1 aliphatic rings. The standard InChI is InChI=1S/C18H29N3O5S/c1-13(14-8-9-16(25-4)17(11-14)26-5)19-18(22)15-7-6-10-21(12-15)27(23,24)20(2)3/h8-9,11,13,15H,6-7,10,12H2,1-5H3,(H,19,22)/t13-,15+/m0/s1. The summed E-state index contributed by atoms with van der Waals surface area (Å²) in [6, 6.07) is 5.25. The fourth-order valence-corrected chi connectivity index (χ4v) is 4.32. The first-order chi connectivity index (χ1) is 12.7. The van der Waals surface area contributed by atoms with Crippen molar-refractivity contribution in [1.29, 1.82) is 0 Å². The fraction of sp³-hybridized carbons (Fsp3) is 0.611. The SMILES string of the molecule is COc1ccc([C@H](C)NC(=O)[C@@H]2CCCN(S(=O)(=O)N(C)C)C2)cc1OC. The highest BCUT2D eigenvalue weighted by atomic mass is 32.2. The van der Waals surface area contributed by atoms with Gasteiger partial charge in [0.05, 0.1) is 26.2 Å². The van der Waals surface area contributed by atoms with Crippen molar-refractivity contribution in [2.75, 3.05) is 41.4 Å². The summed E-state index contributed by atoms with van der Waals surface area (Å²) in [5.74, 6) is 0.709. The molecule has 1 aromatic rings. The van der Waals surface area contributed by atoms with Gasteiger partial charge in [-0.05, 0) is 37.5 Å². The van der Waals surface area contributed by atoms with Crippen molar-refractivity contribution in [3.8, 4) is 11.5 Å². The van der Waals surface area contributed by atoms with Crippen molar-refractivity contribution >= 4 is 16.1 Å². The Bertz CT molecular complexity index is 766. The van der Waals surface area contributed by atoms with Crippen LogP contribution in [0.1, 0.15) is 31.4 Å². The molecule has 0 bridgehead atoms. The molecule has 1 heterocycles. The average molecular weight is 400 g/mol. The van der Waals surface area contributed by atoms with E-state index in [1.165, 1.54) is 22.7 Å². The molecule has 1 amide bonds. The smallest absolute Gasteiger partial charge is 0.281 e. The molecule has 9 heteroatoms. The van der Waals surface area contributed by atoms with Crippen molar-refractivity contribution in [2.45, 2.75) is 25.8 Å². The van der Waals surface area contributed by atoms with Crippen molar-refractivity contribution in [2.24, 2.45) is 5.92 Å². The highest BCUT2D eigenvalue weighted by Gasteiger charge is 2.33. The molecule has 0 spiro atoms. The number of nitrogens with zero attached hydrogens (tertiary/aromatic N) is 2. The van der Waals surface area contributed by atoms with Gasteiger partial charge in [-0.1, -0.05) is 6.07 Å². The molecule has 27 heavy (non-hydrogen) atoms. The maximum absolute atomic E-state index is 12.7. The van der Waals surface area contributed by atoms with E-state index in [1.807, 2.05) is 19.1 Å². The molecule has 152 valence electrons. The maximum atomic E-state index is 12.7. The molecule has 2 atom stereocenters. The number of carbonyl (C=O) groups excluding carboxylic acids is 1. The zero-order chi connectivity index (χ0) is 20.2. The Balaban J connectivity index is 2.06. The van der Waals surface area contributed by atoms with Gasteiger partial charge in [-0.25, -0.2) is 0 Å². The minimum Gasteiger partial charge on any atom is -0.493 e. The summed E-state index contributed by atoms with van der Waals surface area (Å²) in [6.07, 6.45) is 1.33. The van der Waals surface area contributed by atoms with Gasteiger partial charge in [-0.2, -0.15) is 17.0 Å². The number of benzene rings is 1. The molecule has 1 aliphatic heterocycles. The van der Waals surface area contributed by atoms with E-state index in [-0.39, 0.29) is 24.4 Å². The number of methoxy groups -OCH3 is 2. The number of hydrogen-bond donors (Lipinski definition) is 1. The zero-order valence-corrected chi connectivity index (χ0v) is 17.4. The highest BCUT2D eigenvalue weighted by Crippen LogP contribution is 2.30. The van der Waals surface area contributed by atoms with Gasteiger partial charge in [-0.15, -0.1) is 0 Å². The second kappa shape index (κ2) is 8.90. The van der Waals surface area contributed by atoms with Gasteiger partial charge in [0.2, 0.25) is 5.91 Å². The molecule has 1 saturated heterocycles. The van der Waals surface area contributed by atoms with Crippen molar-refractivity contribution in [3.63, 3.8) is 0 Å². The van der Waals surface area contributed by atoms with E-state index in [9.17, 15) is 13.2 Å². The first-order valence-corrected chi connectivity index (χ1v) is 10.3. The van der Waals surface area contributed by atoms with Crippen LogP contribution < -0.4 is 14.8 Å². The van der Waals surface area contributed by atoms with Crippen LogP contribution >= 0.6 is 0 Å². The first-order valence-electron chi connectivity index (χ1n) is 8.90. The molecular formula is C18H29N3O5S. The van der Waals surface area contributed by atoms with E-state index in [4.69, 9.17) is 9.47 Å². The Labute approximate surface area is 161 Å². The molecule has 0 aromatic heterocycles. The molecule has 0 unspecified atom stereocenters. The van der Waals surface area contributed by atoms with Crippen LogP contribution in [0.4, 0.5) is 0 Å². The van der Waals surface area contributed by atoms with Gasteiger partial charge < -0.3 is 14.8 Å². The van der Waals surface area contributed by atoms with Crippen LogP contribution in [0.3, 0.4) is 0 Å². The normalized spacial score (nSPS) is 19.6. The lowest BCUT2D eigenvalue weighted by Crippen LogP contribution is -2.49. The highest BCUT2D eigenvalue weighted by molar-refractivity contribution is 7.86. The summed E-state index contributed by atoms with van der Waals surface area (Å²) >= 11 is 0. The predicted molar refractivity (Wildman–Crippen MR) is 103 cm³/mol. The maximum Gasteiger partial charge on any atom is 0.281 e. The van der Waals surface area contributed by atoms with Gasteiger partial charge in [0.25, 0.3) is 10.2 Å². The van der Waals surface area contributed by atoms with Crippen LogP contribution in [-0.4, -0.2) is 64.3 Å². The van der Waals surface area contributed by atoms with Gasteiger partial charge in [0.1, 0.15) is 0 Å². The van der Waals surface area contributed by atoms with Crippen LogP contribution in [0.5, 0.6) is 11.5 Å². The summed E-state index contributed by atoms with van der Waals surface area (Å²) in [6.45, 7) is 2.52. The Morgan fingerprint density at radius 3 is 2.52 bits per heavy atom. The van der Waals surface area contributed by atoms with E-state index < -0.39 is 10.2 Å². The van der Waals surface area contributed by atoms with Gasteiger partial charge in [0.15, 0.2) is 11.5 Å². The van der Waals surface area contributed by atoms with E-state index in [0.717, 1.165) is 5.56 Å². The van der Waals surface area contributed by atoms with E-state index in [2.05, 4.69) is 5.32 Å². The molecule has 0 saturated carbocycles. The molecular weight excluding hydrogens is 370 g/mol. The minimum atomic E-state index is -3.51. The van der Waals surface area contributed by atoms with Gasteiger partial charge in [-0.3, -0.25) is 4.79 Å². The zero-order valence-electron chi connectivity index (χ0n) is 16.6. The van der Waals surface area contributed by atoms with E-state index in [1.54, 1.807) is 20.3 Å². The summed E-state index contributed by atoms with van der Waals surface area (Å²) in [5, 5.41) is 2.99. The summed E-state index contributed by atoms with van der Waals surface area (Å²) in [4.78, 5) is 12.7. The third kappa shape index (κ3) is 4.91. The lowest BCUT2D eigenvalue weighted by atomic mass is 9.98.